The smallest absolute Gasteiger partial charge is 0.236 e. The van der Waals surface area contributed by atoms with Crippen molar-refractivity contribution in [2.24, 2.45) is 0 Å². The Balaban J connectivity index is 2.02. The first-order valence-electron chi connectivity index (χ1n) is 9.11. The highest BCUT2D eigenvalue weighted by Gasteiger charge is 2.22. The van der Waals surface area contributed by atoms with E-state index in [-0.39, 0.29) is 18.5 Å². The van der Waals surface area contributed by atoms with Gasteiger partial charge in [0.1, 0.15) is 12.6 Å². The monoisotopic (exact) mass is 402 g/mol. The van der Waals surface area contributed by atoms with Crippen molar-refractivity contribution < 1.29 is 18.1 Å². The Morgan fingerprint density at radius 3 is 2.21 bits per heavy atom. The van der Waals surface area contributed by atoms with Gasteiger partial charge in [0, 0.05) is 12.5 Å². The molecule has 0 fully saturated rings. The van der Waals surface area contributed by atoms with Crippen LogP contribution in [0.25, 0.3) is 6.08 Å². The second kappa shape index (κ2) is 10.2. The lowest BCUT2D eigenvalue weighted by atomic mass is 10.1. The minimum atomic E-state index is -3.69. The molecule has 2 aromatic carbocycles. The molecule has 0 aliphatic carbocycles. The summed E-state index contributed by atoms with van der Waals surface area (Å²) in [5.74, 6) is -0.339. The van der Waals surface area contributed by atoms with Crippen LogP contribution in [0.2, 0.25) is 0 Å². The summed E-state index contributed by atoms with van der Waals surface area (Å²) in [6, 6.07) is 18.6. The van der Waals surface area contributed by atoms with Crippen molar-refractivity contribution in [2.45, 2.75) is 6.04 Å². The van der Waals surface area contributed by atoms with E-state index in [9.17, 15) is 13.2 Å². The summed E-state index contributed by atoms with van der Waals surface area (Å²) >= 11 is 0. The molecule has 7 heteroatoms. The Morgan fingerprint density at radius 2 is 1.64 bits per heavy atom. The molecule has 2 N–H and O–H groups in total. The molecule has 2 rings (SSSR count). The van der Waals surface area contributed by atoms with Gasteiger partial charge in [-0.2, -0.15) is 4.31 Å². The number of hydrogen-bond donors (Lipinski definition) is 2. The zero-order chi connectivity index (χ0) is 20.6. The quantitative estimate of drug-likeness (QED) is 0.655. The second-order valence-electron chi connectivity index (χ2n) is 6.96. The molecule has 1 atom stereocenters. The number of amides is 1. The van der Waals surface area contributed by atoms with Crippen LogP contribution in [0.1, 0.15) is 17.2 Å². The lowest BCUT2D eigenvalue weighted by molar-refractivity contribution is -0.860. The Bertz CT molecular complexity index is 882. The topological polar surface area (TPSA) is 70.9 Å². The third-order valence-corrected chi connectivity index (χ3v) is 5.66. The van der Waals surface area contributed by atoms with E-state index in [1.54, 1.807) is 0 Å². The number of nitrogens with one attached hydrogen (secondary N) is 2. The van der Waals surface area contributed by atoms with Gasteiger partial charge in [0.2, 0.25) is 15.9 Å². The van der Waals surface area contributed by atoms with Crippen molar-refractivity contribution in [3.63, 3.8) is 0 Å². The summed E-state index contributed by atoms with van der Waals surface area (Å²) < 4.78 is 25.9. The van der Waals surface area contributed by atoms with Gasteiger partial charge < -0.3 is 10.2 Å². The van der Waals surface area contributed by atoms with E-state index in [2.05, 4.69) is 5.32 Å². The van der Waals surface area contributed by atoms with Crippen LogP contribution in [0.15, 0.2) is 66.1 Å². The van der Waals surface area contributed by atoms with Crippen molar-refractivity contribution in [2.75, 3.05) is 34.2 Å². The minimum absolute atomic E-state index is 0.185. The molecule has 0 radical (unpaired) electrons. The highest BCUT2D eigenvalue weighted by Crippen LogP contribution is 2.11. The first kappa shape index (κ1) is 21.8. The fraction of sp³-hybridized carbons (Fsp3) is 0.286. The lowest BCUT2D eigenvalue weighted by Crippen LogP contribution is -3.06. The van der Waals surface area contributed by atoms with Gasteiger partial charge >= 0.3 is 0 Å². The minimum Gasteiger partial charge on any atom is -0.343 e. The molecule has 0 saturated heterocycles. The molecule has 0 aromatic heterocycles. The van der Waals surface area contributed by atoms with Crippen LogP contribution in [0.3, 0.4) is 0 Å². The molecule has 2 aromatic rings. The Morgan fingerprint density at radius 1 is 1.07 bits per heavy atom. The molecule has 6 nitrogen and oxygen atoms in total. The molecule has 0 aliphatic heterocycles. The zero-order valence-corrected chi connectivity index (χ0v) is 17.3. The normalized spacial score (nSPS) is 13.2. The van der Waals surface area contributed by atoms with Crippen molar-refractivity contribution in [3.8, 4) is 0 Å². The van der Waals surface area contributed by atoms with E-state index < -0.39 is 10.0 Å². The maximum absolute atomic E-state index is 12.5. The van der Waals surface area contributed by atoms with Gasteiger partial charge in [0.25, 0.3) is 0 Å². The van der Waals surface area contributed by atoms with Crippen molar-refractivity contribution in [3.05, 3.63) is 77.2 Å². The van der Waals surface area contributed by atoms with Crippen LogP contribution in [-0.2, 0) is 14.8 Å². The van der Waals surface area contributed by atoms with E-state index in [1.807, 2.05) is 74.8 Å². The van der Waals surface area contributed by atoms with Crippen molar-refractivity contribution in [1.82, 2.24) is 9.62 Å². The molecule has 0 aliphatic rings. The Kier molecular flexibility index (Phi) is 7.92. The van der Waals surface area contributed by atoms with Crippen LogP contribution in [0.5, 0.6) is 0 Å². The average Bonchev–Trinajstić information content (AvgIpc) is 2.67. The van der Waals surface area contributed by atoms with Crippen LogP contribution in [0, 0.1) is 0 Å². The molecule has 150 valence electrons. The molecule has 0 heterocycles. The predicted molar refractivity (Wildman–Crippen MR) is 112 cm³/mol. The zero-order valence-electron chi connectivity index (χ0n) is 16.5. The van der Waals surface area contributed by atoms with Gasteiger partial charge in [-0.15, -0.1) is 0 Å². The first-order chi connectivity index (χ1) is 13.3. The van der Waals surface area contributed by atoms with Crippen LogP contribution in [0.4, 0.5) is 0 Å². The van der Waals surface area contributed by atoms with Gasteiger partial charge in [-0.3, -0.25) is 4.79 Å². The number of sulfonamides is 1. The first-order valence-corrected chi connectivity index (χ1v) is 10.6. The van der Waals surface area contributed by atoms with Gasteiger partial charge in [-0.25, -0.2) is 8.42 Å². The Labute approximate surface area is 167 Å². The fourth-order valence-electron chi connectivity index (χ4n) is 2.71. The molecule has 0 spiro atoms. The van der Waals surface area contributed by atoms with Gasteiger partial charge in [-0.05, 0) is 17.2 Å². The van der Waals surface area contributed by atoms with Crippen LogP contribution >= 0.6 is 0 Å². The van der Waals surface area contributed by atoms with Crippen LogP contribution < -0.4 is 10.2 Å². The highest BCUT2D eigenvalue weighted by molar-refractivity contribution is 7.92. The lowest BCUT2D eigenvalue weighted by Gasteiger charge is -2.22. The maximum Gasteiger partial charge on any atom is 0.236 e. The van der Waals surface area contributed by atoms with Gasteiger partial charge in [-0.1, -0.05) is 60.7 Å². The van der Waals surface area contributed by atoms with Gasteiger partial charge in [0.15, 0.2) is 0 Å². The molecule has 28 heavy (non-hydrogen) atoms. The number of carbonyl (C=O) groups excluding carboxylic acids is 1. The predicted octanol–water partition coefficient (Wildman–Crippen LogP) is 0.921. The summed E-state index contributed by atoms with van der Waals surface area (Å²) in [5, 5.41) is 4.07. The number of benzene rings is 2. The number of likely N-dealkylation sites (N-methyl/N-ethyl adjacent to an activating group) is 2. The van der Waals surface area contributed by atoms with Crippen LogP contribution in [-0.4, -0.2) is 52.9 Å². The SMILES string of the molecule is CN(CC(=O)N[C@@H](C[NH+](C)C)c1ccccc1)S(=O)(=O)/C=C/c1ccccc1. The van der Waals surface area contributed by atoms with E-state index in [4.69, 9.17) is 0 Å². The molecule has 0 bridgehead atoms. The second-order valence-corrected chi connectivity index (χ2v) is 8.88. The Hall–Kier alpha value is -2.48. The largest absolute Gasteiger partial charge is 0.343 e. The summed E-state index contributed by atoms with van der Waals surface area (Å²) in [7, 11) is 1.73. The highest BCUT2D eigenvalue weighted by atomic mass is 32.2. The van der Waals surface area contributed by atoms with E-state index >= 15 is 0 Å². The van der Waals surface area contributed by atoms with E-state index in [1.165, 1.54) is 18.0 Å². The maximum atomic E-state index is 12.5. The van der Waals surface area contributed by atoms with E-state index in [0.29, 0.717) is 6.54 Å². The molecule has 0 unspecified atom stereocenters. The van der Waals surface area contributed by atoms with Gasteiger partial charge in [0.05, 0.1) is 20.6 Å². The fourth-order valence-corrected chi connectivity index (χ4v) is 3.54. The molecular weight excluding hydrogens is 374 g/mol. The number of rotatable bonds is 9. The van der Waals surface area contributed by atoms with Crippen molar-refractivity contribution >= 4 is 22.0 Å². The van der Waals surface area contributed by atoms with E-state index in [0.717, 1.165) is 20.8 Å². The number of carbonyl (C=O) groups is 1. The molecule has 0 saturated carbocycles. The molecule has 1 amide bonds. The summed E-state index contributed by atoms with van der Waals surface area (Å²) in [6.07, 6.45) is 1.52. The number of quaternary nitrogens is 1. The number of hydrogen-bond acceptors (Lipinski definition) is 3. The summed E-state index contributed by atoms with van der Waals surface area (Å²) in [4.78, 5) is 13.7. The third-order valence-electron chi connectivity index (χ3n) is 4.18. The standard InChI is InChI=1S/C21H27N3O3S/c1-23(2)16-20(19-12-8-5-9-13-19)22-21(25)17-24(3)28(26,27)15-14-18-10-6-4-7-11-18/h4-15,20H,16-17H2,1-3H3,(H,22,25)/p+1/b15-14+/t20-/m0/s1. The molecular formula is C21H28N3O3S+. The number of nitrogens with zero attached hydrogens (tertiary/aromatic N) is 1. The average molecular weight is 403 g/mol. The van der Waals surface area contributed by atoms with Crippen molar-refractivity contribution in [1.29, 1.82) is 0 Å². The summed E-state index contributed by atoms with van der Waals surface area (Å²) in [6.45, 7) is 0.452. The summed E-state index contributed by atoms with van der Waals surface area (Å²) in [5.41, 5.74) is 1.77. The third kappa shape index (κ3) is 6.92.